The van der Waals surface area contributed by atoms with Crippen LogP contribution in [0.2, 0.25) is 0 Å². The van der Waals surface area contributed by atoms with Crippen LogP contribution in [0.1, 0.15) is 13.8 Å². The minimum atomic E-state index is -0.407. The van der Waals surface area contributed by atoms with Crippen molar-refractivity contribution in [3.63, 3.8) is 0 Å². The first-order chi connectivity index (χ1) is 4.13. The Morgan fingerprint density at radius 1 is 1.67 bits per heavy atom. The number of hydrogen-bond acceptors (Lipinski definition) is 1. The zero-order valence-electron chi connectivity index (χ0n) is 5.98. The maximum atomic E-state index is 11.8. The highest BCUT2D eigenvalue weighted by atomic mass is 19.1. The summed E-state index contributed by atoms with van der Waals surface area (Å²) in [7, 11) is 0. The van der Waals surface area contributed by atoms with E-state index in [9.17, 15) is 4.39 Å². The van der Waals surface area contributed by atoms with Gasteiger partial charge in [0.1, 0.15) is 5.83 Å². The molecule has 0 aromatic rings. The van der Waals surface area contributed by atoms with Crippen molar-refractivity contribution in [2.24, 2.45) is 5.92 Å². The molecule has 1 nitrogen and oxygen atoms in total. The molecule has 0 saturated heterocycles. The smallest absolute Gasteiger partial charge is 0.118 e. The van der Waals surface area contributed by atoms with Crippen molar-refractivity contribution in [2.75, 3.05) is 13.2 Å². The lowest BCUT2D eigenvalue weighted by Crippen LogP contribution is -2.02. The van der Waals surface area contributed by atoms with Gasteiger partial charge >= 0.3 is 0 Å². The lowest BCUT2D eigenvalue weighted by atomic mass is 10.2. The van der Waals surface area contributed by atoms with E-state index >= 15 is 0 Å². The van der Waals surface area contributed by atoms with Crippen LogP contribution in [0.15, 0.2) is 12.4 Å². The summed E-state index contributed by atoms with van der Waals surface area (Å²) >= 11 is 0. The number of rotatable bonds is 4. The minimum absolute atomic E-state index is 0.0399. The van der Waals surface area contributed by atoms with Crippen molar-refractivity contribution >= 4 is 0 Å². The Kier molecular flexibility index (Phi) is 4.32. The molecule has 9 heavy (non-hydrogen) atoms. The first kappa shape index (κ1) is 8.63. The van der Waals surface area contributed by atoms with Crippen molar-refractivity contribution in [3.05, 3.63) is 12.4 Å². The van der Waals surface area contributed by atoms with Crippen LogP contribution in [0.3, 0.4) is 0 Å². The van der Waals surface area contributed by atoms with Gasteiger partial charge in [0.15, 0.2) is 0 Å². The standard InChI is InChI=1S/C7H13FO/c1-6(2)4-9-5-7(3)8/h6H,3-5H2,1-2H3. The molecule has 0 aliphatic carbocycles. The molecule has 0 N–H and O–H groups in total. The third kappa shape index (κ3) is 7.63. The highest BCUT2D eigenvalue weighted by Gasteiger charge is 1.93. The number of hydrogen-bond donors (Lipinski definition) is 0. The van der Waals surface area contributed by atoms with Gasteiger partial charge in [0.2, 0.25) is 0 Å². The van der Waals surface area contributed by atoms with Gasteiger partial charge in [-0.25, -0.2) is 4.39 Å². The van der Waals surface area contributed by atoms with Crippen LogP contribution in [0, 0.1) is 5.92 Å². The number of halogens is 1. The van der Waals surface area contributed by atoms with Crippen LogP contribution in [0.5, 0.6) is 0 Å². The normalized spacial score (nSPS) is 10.2. The van der Waals surface area contributed by atoms with E-state index in [1.54, 1.807) is 0 Å². The average Bonchev–Trinajstić information content (AvgIpc) is 1.63. The maximum absolute atomic E-state index is 11.8. The van der Waals surface area contributed by atoms with E-state index < -0.39 is 5.83 Å². The molecule has 0 rings (SSSR count). The molecule has 2 heteroatoms. The van der Waals surface area contributed by atoms with Crippen LogP contribution in [0.4, 0.5) is 4.39 Å². The Hall–Kier alpha value is -0.370. The summed E-state index contributed by atoms with van der Waals surface area (Å²) in [5.74, 6) is 0.0556. The molecular weight excluding hydrogens is 119 g/mol. The Balaban J connectivity index is 3.01. The SMILES string of the molecule is C=C(F)COCC(C)C. The van der Waals surface area contributed by atoms with Crippen molar-refractivity contribution in [1.82, 2.24) is 0 Å². The Labute approximate surface area is 55.5 Å². The van der Waals surface area contributed by atoms with Gasteiger partial charge in [-0.3, -0.25) is 0 Å². The largest absolute Gasteiger partial charge is 0.374 e. The van der Waals surface area contributed by atoms with E-state index in [2.05, 4.69) is 6.58 Å². The average molecular weight is 132 g/mol. The summed E-state index contributed by atoms with van der Waals surface area (Å²) in [6.45, 7) is 7.73. The molecule has 0 amide bonds. The molecular formula is C7H13FO. The second-order valence-electron chi connectivity index (χ2n) is 2.43. The van der Waals surface area contributed by atoms with Crippen LogP contribution in [-0.4, -0.2) is 13.2 Å². The van der Waals surface area contributed by atoms with Gasteiger partial charge in [0.05, 0.1) is 6.61 Å². The number of ether oxygens (including phenoxy) is 1. The predicted molar refractivity (Wildman–Crippen MR) is 35.9 cm³/mol. The summed E-state index contributed by atoms with van der Waals surface area (Å²) in [6, 6.07) is 0. The van der Waals surface area contributed by atoms with Gasteiger partial charge in [0.25, 0.3) is 0 Å². The van der Waals surface area contributed by atoms with E-state index in [0.717, 1.165) is 0 Å². The monoisotopic (exact) mass is 132 g/mol. The van der Waals surface area contributed by atoms with Gasteiger partial charge in [-0.2, -0.15) is 0 Å². The molecule has 0 heterocycles. The molecule has 0 aromatic carbocycles. The molecule has 0 saturated carbocycles. The van der Waals surface area contributed by atoms with E-state index in [1.807, 2.05) is 13.8 Å². The second kappa shape index (κ2) is 4.50. The van der Waals surface area contributed by atoms with Crippen LogP contribution >= 0.6 is 0 Å². The molecule has 0 fully saturated rings. The van der Waals surface area contributed by atoms with Gasteiger partial charge in [-0.15, -0.1) is 0 Å². The second-order valence-corrected chi connectivity index (χ2v) is 2.43. The molecule has 54 valence electrons. The fraction of sp³-hybridized carbons (Fsp3) is 0.714. The molecule has 0 spiro atoms. The fourth-order valence-corrected chi connectivity index (χ4v) is 0.405. The van der Waals surface area contributed by atoms with E-state index in [1.165, 1.54) is 0 Å². The Morgan fingerprint density at radius 2 is 2.22 bits per heavy atom. The maximum Gasteiger partial charge on any atom is 0.118 e. The molecule has 0 aliphatic rings. The topological polar surface area (TPSA) is 9.23 Å². The van der Waals surface area contributed by atoms with Crippen LogP contribution < -0.4 is 0 Å². The lowest BCUT2D eigenvalue weighted by Gasteiger charge is -2.03. The van der Waals surface area contributed by atoms with Crippen molar-refractivity contribution in [3.8, 4) is 0 Å². The minimum Gasteiger partial charge on any atom is -0.374 e. The molecule has 0 radical (unpaired) electrons. The third-order valence-electron chi connectivity index (χ3n) is 0.710. The highest BCUT2D eigenvalue weighted by Crippen LogP contribution is 1.96. The van der Waals surface area contributed by atoms with Gasteiger partial charge in [-0.05, 0) is 5.92 Å². The van der Waals surface area contributed by atoms with E-state index in [4.69, 9.17) is 4.74 Å². The quantitative estimate of drug-likeness (QED) is 0.569. The van der Waals surface area contributed by atoms with Gasteiger partial charge < -0.3 is 4.74 Å². The molecule has 0 bridgehead atoms. The van der Waals surface area contributed by atoms with Crippen molar-refractivity contribution in [2.45, 2.75) is 13.8 Å². The van der Waals surface area contributed by atoms with E-state index in [0.29, 0.717) is 12.5 Å². The summed E-state index contributed by atoms with van der Waals surface area (Å²) in [4.78, 5) is 0. The van der Waals surface area contributed by atoms with Crippen molar-refractivity contribution in [1.29, 1.82) is 0 Å². The molecule has 0 aliphatic heterocycles. The van der Waals surface area contributed by atoms with Crippen molar-refractivity contribution < 1.29 is 9.13 Å². The summed E-state index contributed by atoms with van der Waals surface area (Å²) in [5, 5.41) is 0. The first-order valence-corrected chi connectivity index (χ1v) is 3.04. The summed E-state index contributed by atoms with van der Waals surface area (Å²) < 4.78 is 16.7. The van der Waals surface area contributed by atoms with Crippen LogP contribution in [0.25, 0.3) is 0 Å². The molecule has 0 aromatic heterocycles. The molecule has 0 unspecified atom stereocenters. The Bertz CT molecular complexity index is 88.9. The predicted octanol–water partition coefficient (Wildman–Crippen LogP) is 2.14. The summed E-state index contributed by atoms with van der Waals surface area (Å²) in [6.07, 6.45) is 0. The van der Waals surface area contributed by atoms with E-state index in [-0.39, 0.29) is 6.61 Å². The fourth-order valence-electron chi connectivity index (χ4n) is 0.405. The third-order valence-corrected chi connectivity index (χ3v) is 0.710. The van der Waals surface area contributed by atoms with Gasteiger partial charge in [-0.1, -0.05) is 20.4 Å². The summed E-state index contributed by atoms with van der Waals surface area (Å²) in [5.41, 5.74) is 0. The van der Waals surface area contributed by atoms with Crippen LogP contribution in [-0.2, 0) is 4.74 Å². The highest BCUT2D eigenvalue weighted by molar-refractivity contribution is 4.78. The molecule has 0 atom stereocenters. The Morgan fingerprint density at radius 3 is 2.56 bits per heavy atom. The van der Waals surface area contributed by atoms with Gasteiger partial charge in [0, 0.05) is 6.61 Å². The lowest BCUT2D eigenvalue weighted by molar-refractivity contribution is 0.118. The zero-order chi connectivity index (χ0) is 7.28. The zero-order valence-corrected chi connectivity index (χ0v) is 5.98. The first-order valence-electron chi connectivity index (χ1n) is 3.04.